The zero-order chi connectivity index (χ0) is 31.0. The van der Waals surface area contributed by atoms with Crippen LogP contribution in [0.3, 0.4) is 0 Å². The van der Waals surface area contributed by atoms with Crippen molar-refractivity contribution < 1.29 is 34.2 Å². The van der Waals surface area contributed by atoms with Crippen LogP contribution in [0.4, 0.5) is 0 Å². The van der Waals surface area contributed by atoms with E-state index in [1.165, 1.54) is 27.7 Å². The Morgan fingerprint density at radius 1 is 1.19 bits per heavy atom. The number of nitrogens with two attached hydrogens (primary N) is 1. The molecule has 0 bridgehead atoms. The maximum Gasteiger partial charge on any atom is 0.353 e. The summed E-state index contributed by atoms with van der Waals surface area (Å²) in [6.07, 6.45) is 1.98. The number of carbonyl (C=O) groups is 5. The van der Waals surface area contributed by atoms with Gasteiger partial charge in [0.25, 0.3) is 0 Å². The van der Waals surface area contributed by atoms with Crippen LogP contribution in [0.2, 0.25) is 0 Å². The molecule has 7 atom stereocenters. The normalized spacial score (nSPS) is 28.5. The fourth-order valence-corrected chi connectivity index (χ4v) is 8.07. The first-order valence-electron chi connectivity index (χ1n) is 14.4. The molecule has 3 amide bonds. The summed E-state index contributed by atoms with van der Waals surface area (Å²) >= 11 is 1.41. The number of piperazine rings is 1. The van der Waals surface area contributed by atoms with Crippen LogP contribution in [0.5, 0.6) is 0 Å². The van der Waals surface area contributed by atoms with Gasteiger partial charge in [-0.25, -0.2) is 9.48 Å². The molecule has 4 aliphatic rings. The van der Waals surface area contributed by atoms with Crippen molar-refractivity contribution in [3.8, 4) is 0 Å². The average molecular weight is 620 g/mol. The third-order valence-electron chi connectivity index (χ3n) is 8.78. The Bertz CT molecular complexity index is 1300. The monoisotopic (exact) mass is 619 g/mol. The van der Waals surface area contributed by atoms with Crippen molar-refractivity contribution in [2.24, 2.45) is 23.5 Å². The number of tetrazole rings is 1. The molecule has 0 spiro atoms. The first kappa shape index (κ1) is 31.0. The molecular weight excluding hydrogens is 582 g/mol. The topological polar surface area (TPSA) is 217 Å². The molecule has 0 aliphatic carbocycles. The second kappa shape index (κ2) is 12.7. The molecule has 1 aromatic rings. The van der Waals surface area contributed by atoms with E-state index in [9.17, 15) is 29.1 Å². The molecule has 1 aromatic heterocycles. The lowest BCUT2D eigenvalue weighted by Crippen LogP contribution is -2.62. The molecule has 16 nitrogen and oxygen atoms in total. The summed E-state index contributed by atoms with van der Waals surface area (Å²) in [4.78, 5) is 68.9. The number of thioether (sulfide) groups is 1. The Morgan fingerprint density at radius 2 is 1.88 bits per heavy atom. The van der Waals surface area contributed by atoms with Gasteiger partial charge in [-0.05, 0) is 22.8 Å². The SMILES string of the molecule is C[C@@H](CC(=O)Cn1cnnn1)[C@H]1C(=O)N2C(C(=O)O)=C(SC3CNC(C(=O)N4CCN(C(=O)[C@@H](N)CO)CC4)C3)[C@H](C)[C@H]12. The fraction of sp³-hybridized carbons (Fsp3) is 0.692. The Kier molecular flexibility index (Phi) is 9.15. The highest BCUT2D eigenvalue weighted by atomic mass is 32.2. The molecule has 43 heavy (non-hydrogen) atoms. The van der Waals surface area contributed by atoms with Gasteiger partial charge >= 0.3 is 5.97 Å². The minimum atomic E-state index is -1.17. The molecule has 0 saturated carbocycles. The zero-order valence-corrected chi connectivity index (χ0v) is 24.9. The minimum Gasteiger partial charge on any atom is -0.477 e. The zero-order valence-electron chi connectivity index (χ0n) is 24.0. The van der Waals surface area contributed by atoms with Crippen molar-refractivity contribution in [3.05, 3.63) is 16.9 Å². The molecule has 5 N–H and O–H groups in total. The van der Waals surface area contributed by atoms with Gasteiger partial charge in [-0.15, -0.1) is 16.9 Å². The molecular formula is C26H37N9O7S. The van der Waals surface area contributed by atoms with Crippen molar-refractivity contribution in [3.63, 3.8) is 0 Å². The van der Waals surface area contributed by atoms with E-state index in [1.807, 2.05) is 13.8 Å². The van der Waals surface area contributed by atoms with Crippen LogP contribution in [0.15, 0.2) is 16.9 Å². The number of aliphatic hydroxyl groups excluding tert-OH is 1. The van der Waals surface area contributed by atoms with Gasteiger partial charge in [0, 0.05) is 55.2 Å². The summed E-state index contributed by atoms with van der Waals surface area (Å²) in [6, 6.07) is -1.75. The van der Waals surface area contributed by atoms with Crippen LogP contribution < -0.4 is 11.1 Å². The summed E-state index contributed by atoms with van der Waals surface area (Å²) < 4.78 is 1.32. The van der Waals surface area contributed by atoms with E-state index in [4.69, 9.17) is 10.8 Å². The van der Waals surface area contributed by atoms with Gasteiger partial charge < -0.3 is 36.0 Å². The number of hydrogen-bond donors (Lipinski definition) is 4. The number of nitrogens with one attached hydrogen (secondary N) is 1. The quantitative estimate of drug-likeness (QED) is 0.189. The predicted octanol–water partition coefficient (Wildman–Crippen LogP) is -2.50. The number of fused-ring (bicyclic) bond motifs is 1. The Hall–Kier alpha value is -3.41. The number of amides is 3. The van der Waals surface area contributed by atoms with Crippen LogP contribution in [0.25, 0.3) is 0 Å². The lowest BCUT2D eigenvalue weighted by molar-refractivity contribution is -0.160. The molecule has 4 aliphatic heterocycles. The number of Topliss-reactive ketones (excluding diaryl/α,β-unsaturated/α-hetero) is 1. The van der Waals surface area contributed by atoms with E-state index < -0.39 is 30.6 Å². The standard InChI is InChI=1S/C26H37N9O7S/c1-13(7-15(37)10-34-12-29-30-31-34)19-20-14(2)22(21(26(41)42)35(20)25(19)40)43-16-8-18(28-9-16)24(39)33-5-3-32(4-6-33)23(38)17(27)11-36/h12-14,16-20,28,36H,3-11,27H2,1-2H3,(H,41,42)/t13-,14+,16?,17-,18?,19+,20+/m0/s1. The molecule has 17 heteroatoms. The number of aromatic nitrogens is 4. The molecule has 234 valence electrons. The van der Waals surface area contributed by atoms with E-state index in [-0.39, 0.29) is 65.3 Å². The number of carboxylic acids is 1. The Labute approximate surface area is 252 Å². The minimum absolute atomic E-state index is 0.00215. The number of carboxylic acid groups (broad SMARTS) is 1. The van der Waals surface area contributed by atoms with Crippen molar-refractivity contribution in [1.29, 1.82) is 0 Å². The van der Waals surface area contributed by atoms with Crippen LogP contribution in [0.1, 0.15) is 26.7 Å². The number of nitrogens with zero attached hydrogens (tertiary/aromatic N) is 7. The van der Waals surface area contributed by atoms with Gasteiger partial charge in [0.2, 0.25) is 17.7 Å². The van der Waals surface area contributed by atoms with Crippen molar-refractivity contribution in [1.82, 2.24) is 40.2 Å². The summed E-state index contributed by atoms with van der Waals surface area (Å²) in [6.45, 7) is 5.22. The number of hydrogen-bond acceptors (Lipinski definition) is 12. The predicted molar refractivity (Wildman–Crippen MR) is 151 cm³/mol. The van der Waals surface area contributed by atoms with Gasteiger partial charge in [0.15, 0.2) is 5.78 Å². The summed E-state index contributed by atoms with van der Waals surface area (Å²) in [5.41, 5.74) is 5.63. The van der Waals surface area contributed by atoms with E-state index in [0.717, 1.165) is 0 Å². The third-order valence-corrected chi connectivity index (χ3v) is 10.3. The van der Waals surface area contributed by atoms with Crippen LogP contribution in [-0.2, 0) is 30.5 Å². The van der Waals surface area contributed by atoms with Crippen LogP contribution in [-0.4, -0.2) is 137 Å². The second-order valence-corrected chi connectivity index (χ2v) is 13.0. The molecule has 5 heterocycles. The number of aliphatic hydroxyl groups is 1. The van der Waals surface area contributed by atoms with Crippen molar-refractivity contribution >= 4 is 41.2 Å². The second-order valence-electron chi connectivity index (χ2n) is 11.6. The Morgan fingerprint density at radius 3 is 2.51 bits per heavy atom. The number of ketones is 1. The van der Waals surface area contributed by atoms with Gasteiger partial charge in [-0.3, -0.25) is 19.2 Å². The maximum atomic E-state index is 13.2. The Balaban J connectivity index is 1.17. The lowest BCUT2D eigenvalue weighted by Gasteiger charge is -2.47. The molecule has 3 fully saturated rings. The lowest BCUT2D eigenvalue weighted by atomic mass is 9.73. The number of aliphatic carboxylic acids is 1. The van der Waals surface area contributed by atoms with Crippen molar-refractivity contribution in [2.45, 2.75) is 56.6 Å². The number of carbonyl (C=O) groups excluding carboxylic acids is 4. The molecule has 0 aromatic carbocycles. The van der Waals surface area contributed by atoms with E-state index >= 15 is 0 Å². The first-order chi connectivity index (χ1) is 20.5. The van der Waals surface area contributed by atoms with E-state index in [0.29, 0.717) is 44.0 Å². The molecule has 3 saturated heterocycles. The van der Waals surface area contributed by atoms with Gasteiger partial charge in [0.1, 0.15) is 24.6 Å². The largest absolute Gasteiger partial charge is 0.477 e. The molecule has 5 rings (SSSR count). The summed E-state index contributed by atoms with van der Waals surface area (Å²) in [5.74, 6) is -2.99. The smallest absolute Gasteiger partial charge is 0.353 e. The molecule has 0 radical (unpaired) electrons. The number of β-lactam (4-membered cyclic amide) rings is 1. The third kappa shape index (κ3) is 6.03. The highest BCUT2D eigenvalue weighted by Crippen LogP contribution is 2.53. The highest BCUT2D eigenvalue weighted by molar-refractivity contribution is 8.03. The fourth-order valence-electron chi connectivity index (χ4n) is 6.59. The van der Waals surface area contributed by atoms with Crippen LogP contribution >= 0.6 is 11.8 Å². The van der Waals surface area contributed by atoms with E-state index in [1.54, 1.807) is 9.80 Å². The highest BCUT2D eigenvalue weighted by Gasteiger charge is 2.60. The van der Waals surface area contributed by atoms with Crippen LogP contribution in [0, 0.1) is 17.8 Å². The van der Waals surface area contributed by atoms with Crippen molar-refractivity contribution in [2.75, 3.05) is 39.3 Å². The summed E-state index contributed by atoms with van der Waals surface area (Å²) in [5, 5.41) is 33.2. The van der Waals surface area contributed by atoms with E-state index in [2.05, 4.69) is 20.8 Å². The molecule has 2 unspecified atom stereocenters. The summed E-state index contributed by atoms with van der Waals surface area (Å²) in [7, 11) is 0. The van der Waals surface area contributed by atoms with Gasteiger partial charge in [0.05, 0.1) is 24.6 Å². The first-order valence-corrected chi connectivity index (χ1v) is 15.3. The average Bonchev–Trinajstić information content (AvgIpc) is 3.72. The van der Waals surface area contributed by atoms with Gasteiger partial charge in [-0.1, -0.05) is 13.8 Å². The maximum absolute atomic E-state index is 13.2. The van der Waals surface area contributed by atoms with Gasteiger partial charge in [-0.2, -0.15) is 0 Å². The number of rotatable bonds is 11.